The average Bonchev–Trinajstić information content (AvgIpc) is 3.37. The molecule has 0 N–H and O–H groups in total. The smallest absolute Gasteiger partial charge is 0.231 e. The molecule has 2 aromatic rings. The van der Waals surface area contributed by atoms with Crippen molar-refractivity contribution in [3.63, 3.8) is 0 Å². The van der Waals surface area contributed by atoms with Crippen LogP contribution in [0.4, 0.5) is 0 Å². The lowest BCUT2D eigenvalue weighted by Gasteiger charge is -2.23. The van der Waals surface area contributed by atoms with Gasteiger partial charge in [-0.2, -0.15) is 0 Å². The predicted molar refractivity (Wildman–Crippen MR) is 104 cm³/mol. The van der Waals surface area contributed by atoms with Crippen LogP contribution in [0.3, 0.4) is 0 Å². The lowest BCUT2D eigenvalue weighted by molar-refractivity contribution is -0.113. The molecule has 142 valence electrons. The number of carbonyl (C=O) groups excluding carboxylic acids is 1. The number of ether oxygens (including phenoxy) is 4. The van der Waals surface area contributed by atoms with Crippen LogP contribution in [-0.4, -0.2) is 19.4 Å². The third-order valence-corrected chi connectivity index (χ3v) is 5.43. The number of Topliss-reactive ketones (excluding diaryl/α,β-unsaturated/α-hetero) is 1. The third kappa shape index (κ3) is 2.83. The minimum Gasteiger partial charge on any atom is -0.454 e. The highest BCUT2D eigenvalue weighted by Crippen LogP contribution is 2.41. The lowest BCUT2D eigenvalue weighted by Crippen LogP contribution is -2.19. The first-order chi connectivity index (χ1) is 13.7. The Morgan fingerprint density at radius 1 is 0.857 bits per heavy atom. The minimum atomic E-state index is 0.0757. The molecule has 0 amide bonds. The second-order valence-corrected chi connectivity index (χ2v) is 7.20. The number of carbonyl (C=O) groups is 1. The van der Waals surface area contributed by atoms with E-state index in [0.717, 1.165) is 46.6 Å². The molecule has 1 fully saturated rings. The van der Waals surface area contributed by atoms with Gasteiger partial charge in [-0.05, 0) is 43.0 Å². The molecule has 5 rings (SSSR count). The molecule has 2 aliphatic heterocycles. The molecule has 28 heavy (non-hydrogen) atoms. The van der Waals surface area contributed by atoms with Gasteiger partial charge in [-0.25, -0.2) is 0 Å². The number of benzene rings is 2. The predicted octanol–water partition coefficient (Wildman–Crippen LogP) is 4.61. The zero-order valence-corrected chi connectivity index (χ0v) is 15.6. The van der Waals surface area contributed by atoms with Crippen molar-refractivity contribution < 1.29 is 23.7 Å². The van der Waals surface area contributed by atoms with Crippen LogP contribution in [0.2, 0.25) is 0 Å². The number of rotatable bonds is 2. The van der Waals surface area contributed by atoms with Crippen molar-refractivity contribution in [2.75, 3.05) is 13.6 Å². The summed E-state index contributed by atoms with van der Waals surface area (Å²) in [6, 6.07) is 11.5. The first-order valence-corrected chi connectivity index (χ1v) is 9.45. The molecule has 0 saturated heterocycles. The fourth-order valence-corrected chi connectivity index (χ4v) is 3.88. The highest BCUT2D eigenvalue weighted by atomic mass is 16.7. The second-order valence-electron chi connectivity index (χ2n) is 7.20. The van der Waals surface area contributed by atoms with E-state index in [0.29, 0.717) is 11.5 Å². The van der Waals surface area contributed by atoms with Gasteiger partial charge in [-0.15, -0.1) is 0 Å². The summed E-state index contributed by atoms with van der Waals surface area (Å²) >= 11 is 0. The number of ketones is 1. The molecule has 0 aromatic heterocycles. The number of fused-ring (bicyclic) bond motifs is 2. The Morgan fingerprint density at radius 3 is 2.11 bits per heavy atom. The van der Waals surface area contributed by atoms with Gasteiger partial charge in [0.15, 0.2) is 28.8 Å². The van der Waals surface area contributed by atoms with E-state index in [-0.39, 0.29) is 25.3 Å². The molecule has 1 atom stereocenters. The number of para-hydroxylation sites is 2. The molecule has 0 radical (unpaired) electrons. The van der Waals surface area contributed by atoms with Crippen LogP contribution in [-0.2, 0) is 4.79 Å². The maximum absolute atomic E-state index is 13.3. The van der Waals surface area contributed by atoms with Gasteiger partial charge in [-0.3, -0.25) is 4.79 Å². The molecule has 1 aliphatic carbocycles. The van der Waals surface area contributed by atoms with Gasteiger partial charge in [-0.1, -0.05) is 31.2 Å². The lowest BCUT2D eigenvalue weighted by atomic mass is 9.80. The Morgan fingerprint density at radius 2 is 1.46 bits per heavy atom. The standard InChI is InChI=1S/C23H20O5/c1-14-8-9-15(10-16-4-2-6-19-22(16)27-12-25-19)21(24)18(14)11-17-5-3-7-20-23(17)28-13-26-20/h2-7,10-11,14H,8-9,12-13H2,1H3/b15-10+,18-11+/t14-/m1/s1. The second kappa shape index (κ2) is 6.75. The van der Waals surface area contributed by atoms with Crippen molar-refractivity contribution in [2.24, 2.45) is 5.92 Å². The van der Waals surface area contributed by atoms with Gasteiger partial charge in [0, 0.05) is 22.3 Å². The Hall–Kier alpha value is -3.21. The highest BCUT2D eigenvalue weighted by Gasteiger charge is 2.28. The molecule has 0 spiro atoms. The zero-order valence-electron chi connectivity index (χ0n) is 15.6. The van der Waals surface area contributed by atoms with Crippen molar-refractivity contribution >= 4 is 17.9 Å². The number of hydrogen-bond donors (Lipinski definition) is 0. The molecule has 1 saturated carbocycles. The fraction of sp³-hybridized carbons (Fsp3) is 0.261. The van der Waals surface area contributed by atoms with Crippen molar-refractivity contribution in [3.8, 4) is 23.0 Å². The van der Waals surface area contributed by atoms with E-state index >= 15 is 0 Å². The van der Waals surface area contributed by atoms with E-state index in [1.54, 1.807) is 0 Å². The van der Waals surface area contributed by atoms with E-state index in [4.69, 9.17) is 18.9 Å². The number of hydrogen-bond acceptors (Lipinski definition) is 5. The first-order valence-electron chi connectivity index (χ1n) is 9.45. The van der Waals surface area contributed by atoms with Crippen LogP contribution < -0.4 is 18.9 Å². The summed E-state index contributed by atoms with van der Waals surface area (Å²) in [4.78, 5) is 13.3. The van der Waals surface area contributed by atoms with E-state index < -0.39 is 0 Å². The van der Waals surface area contributed by atoms with Crippen LogP contribution >= 0.6 is 0 Å². The summed E-state index contributed by atoms with van der Waals surface area (Å²) in [6.45, 7) is 2.52. The minimum absolute atomic E-state index is 0.0757. The fourth-order valence-electron chi connectivity index (χ4n) is 3.88. The molecule has 0 bridgehead atoms. The van der Waals surface area contributed by atoms with E-state index in [2.05, 4.69) is 6.92 Å². The molecular weight excluding hydrogens is 356 g/mol. The molecule has 3 aliphatic rings. The average molecular weight is 376 g/mol. The van der Waals surface area contributed by atoms with E-state index in [1.807, 2.05) is 48.6 Å². The Labute approximate surface area is 163 Å². The van der Waals surface area contributed by atoms with Gasteiger partial charge in [0.1, 0.15) is 0 Å². The molecule has 5 nitrogen and oxygen atoms in total. The topological polar surface area (TPSA) is 54.0 Å². The van der Waals surface area contributed by atoms with Crippen molar-refractivity contribution in [2.45, 2.75) is 19.8 Å². The van der Waals surface area contributed by atoms with Crippen LogP contribution in [0.25, 0.3) is 12.2 Å². The summed E-state index contributed by atoms with van der Waals surface area (Å²) in [7, 11) is 0. The zero-order chi connectivity index (χ0) is 19.1. The SMILES string of the molecule is C[C@@H]1CC/C(=C\c2cccc3c2OCO3)C(=O)/C1=C/c1cccc2c1OCO2. The number of allylic oxidation sites excluding steroid dienone is 2. The molecule has 2 heterocycles. The summed E-state index contributed by atoms with van der Waals surface area (Å²) in [5, 5.41) is 0. The maximum atomic E-state index is 13.3. The quantitative estimate of drug-likeness (QED) is 0.717. The van der Waals surface area contributed by atoms with Gasteiger partial charge < -0.3 is 18.9 Å². The van der Waals surface area contributed by atoms with Crippen LogP contribution in [0.5, 0.6) is 23.0 Å². The van der Waals surface area contributed by atoms with Crippen LogP contribution in [0, 0.1) is 5.92 Å². The van der Waals surface area contributed by atoms with E-state index in [9.17, 15) is 4.79 Å². The Bertz CT molecular complexity index is 1020. The Kier molecular flexibility index (Phi) is 4.08. The largest absolute Gasteiger partial charge is 0.454 e. The summed E-state index contributed by atoms with van der Waals surface area (Å²) < 4.78 is 22.1. The van der Waals surface area contributed by atoms with Gasteiger partial charge in [0.2, 0.25) is 13.6 Å². The van der Waals surface area contributed by atoms with Crippen molar-refractivity contribution in [1.29, 1.82) is 0 Å². The van der Waals surface area contributed by atoms with Crippen molar-refractivity contribution in [3.05, 3.63) is 58.7 Å². The molecular formula is C23H20O5. The van der Waals surface area contributed by atoms with Crippen LogP contribution in [0.1, 0.15) is 30.9 Å². The maximum Gasteiger partial charge on any atom is 0.231 e. The third-order valence-electron chi connectivity index (χ3n) is 5.43. The normalized spacial score (nSPS) is 22.9. The van der Waals surface area contributed by atoms with Crippen molar-refractivity contribution in [1.82, 2.24) is 0 Å². The summed E-state index contributed by atoms with van der Waals surface area (Å²) in [5.41, 5.74) is 3.34. The monoisotopic (exact) mass is 376 g/mol. The first kappa shape index (κ1) is 16.9. The van der Waals surface area contributed by atoms with Gasteiger partial charge >= 0.3 is 0 Å². The Balaban J connectivity index is 1.52. The van der Waals surface area contributed by atoms with Crippen LogP contribution in [0.15, 0.2) is 47.5 Å². The van der Waals surface area contributed by atoms with Gasteiger partial charge in [0.25, 0.3) is 0 Å². The highest BCUT2D eigenvalue weighted by molar-refractivity contribution is 6.14. The summed E-state index contributed by atoms with van der Waals surface area (Å²) in [6.07, 6.45) is 5.55. The van der Waals surface area contributed by atoms with E-state index in [1.165, 1.54) is 0 Å². The summed E-state index contributed by atoms with van der Waals surface area (Å²) in [5.74, 6) is 3.11. The molecule has 5 heteroatoms. The molecule has 0 unspecified atom stereocenters. The molecule has 2 aromatic carbocycles. The van der Waals surface area contributed by atoms with Gasteiger partial charge in [0.05, 0.1) is 0 Å².